The summed E-state index contributed by atoms with van der Waals surface area (Å²) in [4.78, 5) is 15.5. The summed E-state index contributed by atoms with van der Waals surface area (Å²) in [6, 6.07) is 11.3. The summed E-state index contributed by atoms with van der Waals surface area (Å²) in [6.45, 7) is 7.99. The summed E-state index contributed by atoms with van der Waals surface area (Å²) in [5.41, 5.74) is 2.29. The van der Waals surface area contributed by atoms with E-state index < -0.39 is 0 Å². The third kappa shape index (κ3) is 3.88. The summed E-state index contributed by atoms with van der Waals surface area (Å²) in [6.07, 6.45) is 1.68. The van der Waals surface area contributed by atoms with E-state index in [1.54, 1.807) is 25.3 Å². The minimum atomic E-state index is -0.328. The highest BCUT2D eigenvalue weighted by molar-refractivity contribution is 6.15. The number of carbonyl (C=O) groups is 1. The van der Waals surface area contributed by atoms with Crippen LogP contribution in [0.2, 0.25) is 0 Å². The zero-order chi connectivity index (χ0) is 23.0. The zero-order valence-corrected chi connectivity index (χ0v) is 19.0. The number of fused-ring (bicyclic) bond motifs is 2. The smallest absolute Gasteiger partial charge is 0.232 e. The van der Waals surface area contributed by atoms with Crippen LogP contribution < -0.4 is 14.8 Å². The van der Waals surface area contributed by atoms with Crippen LogP contribution >= 0.6 is 0 Å². The largest absolute Gasteiger partial charge is 0.495 e. The maximum Gasteiger partial charge on any atom is 0.232 e. The van der Waals surface area contributed by atoms with Gasteiger partial charge in [-0.3, -0.25) is 14.8 Å². The van der Waals surface area contributed by atoms with Crippen molar-refractivity contribution >= 4 is 22.8 Å². The van der Waals surface area contributed by atoms with E-state index >= 15 is 0 Å². The molecule has 7 heteroatoms. The molecular weight excluding hydrogens is 416 g/mol. The van der Waals surface area contributed by atoms with Crippen molar-refractivity contribution in [1.29, 1.82) is 0 Å². The minimum absolute atomic E-state index is 0.191. The van der Waals surface area contributed by atoms with Crippen molar-refractivity contribution < 1.29 is 14.3 Å². The van der Waals surface area contributed by atoms with Gasteiger partial charge in [-0.2, -0.15) is 5.10 Å². The van der Waals surface area contributed by atoms with Gasteiger partial charge >= 0.3 is 0 Å². The Morgan fingerprint density at radius 1 is 1.18 bits per heavy atom. The fraction of sp³-hybridized carbons (Fsp3) is 0.308. The average molecular weight is 443 g/mol. The molecule has 0 spiro atoms. The van der Waals surface area contributed by atoms with Gasteiger partial charge in [0, 0.05) is 37.6 Å². The molecular formula is C26H26N4O3. The fourth-order valence-corrected chi connectivity index (χ4v) is 4.26. The standard InChI is InChI=1S/C26H26N4O3/c1-26(2,30-14-12-27-13-15-30)11-10-18-22(32-3)9-8-19-24(31)23(33-25(18)19)16-21-17-6-4-5-7-20(17)28-29-21/h4-9,16,27H,12-15H2,1-3H3,(H,28,29). The van der Waals surface area contributed by atoms with E-state index in [0.29, 0.717) is 28.3 Å². The normalized spacial score (nSPS) is 17.5. The lowest BCUT2D eigenvalue weighted by atomic mass is 10.00. The molecule has 1 fully saturated rings. The minimum Gasteiger partial charge on any atom is -0.495 e. The van der Waals surface area contributed by atoms with Gasteiger partial charge < -0.3 is 14.8 Å². The first-order valence-corrected chi connectivity index (χ1v) is 11.1. The fourth-order valence-electron chi connectivity index (χ4n) is 4.26. The molecule has 0 bridgehead atoms. The van der Waals surface area contributed by atoms with Gasteiger partial charge in [0.05, 0.1) is 29.4 Å². The SMILES string of the molecule is COc1ccc2c(c1C#CC(C)(C)N1CCNCC1)OC(=Cc1n[nH]c3ccccc13)C2=O. The number of hydrogen-bond acceptors (Lipinski definition) is 6. The number of rotatable bonds is 3. The van der Waals surface area contributed by atoms with Crippen molar-refractivity contribution in [1.82, 2.24) is 20.4 Å². The molecule has 0 unspecified atom stereocenters. The van der Waals surface area contributed by atoms with E-state index in [-0.39, 0.29) is 17.1 Å². The van der Waals surface area contributed by atoms with Crippen molar-refractivity contribution in [2.45, 2.75) is 19.4 Å². The van der Waals surface area contributed by atoms with Crippen LogP contribution in [0, 0.1) is 11.8 Å². The van der Waals surface area contributed by atoms with E-state index in [1.807, 2.05) is 24.3 Å². The maximum absolute atomic E-state index is 13.1. The molecule has 33 heavy (non-hydrogen) atoms. The first kappa shape index (κ1) is 21.3. The number of aromatic amines is 1. The Morgan fingerprint density at radius 3 is 2.76 bits per heavy atom. The van der Waals surface area contributed by atoms with E-state index in [1.165, 1.54) is 0 Å². The molecule has 2 aromatic carbocycles. The predicted molar refractivity (Wildman–Crippen MR) is 127 cm³/mol. The van der Waals surface area contributed by atoms with Crippen LogP contribution in [0.15, 0.2) is 42.2 Å². The summed E-state index contributed by atoms with van der Waals surface area (Å²) in [7, 11) is 1.59. The van der Waals surface area contributed by atoms with Crippen molar-refractivity contribution in [2.75, 3.05) is 33.3 Å². The predicted octanol–water partition coefficient (Wildman–Crippen LogP) is 3.22. The van der Waals surface area contributed by atoms with Crippen LogP contribution in [0.25, 0.3) is 17.0 Å². The molecule has 0 saturated carbocycles. The molecule has 2 aliphatic heterocycles. The van der Waals surface area contributed by atoms with E-state index in [9.17, 15) is 4.79 Å². The van der Waals surface area contributed by atoms with Crippen LogP contribution in [0.5, 0.6) is 11.5 Å². The summed E-state index contributed by atoms with van der Waals surface area (Å²) >= 11 is 0. The number of hydrogen-bond donors (Lipinski definition) is 2. The summed E-state index contributed by atoms with van der Waals surface area (Å²) in [5.74, 6) is 7.71. The van der Waals surface area contributed by atoms with Gasteiger partial charge in [0.1, 0.15) is 11.3 Å². The van der Waals surface area contributed by atoms with E-state index in [0.717, 1.165) is 37.1 Å². The zero-order valence-electron chi connectivity index (χ0n) is 19.0. The number of aromatic nitrogens is 2. The van der Waals surface area contributed by atoms with Gasteiger partial charge in [-0.05, 0) is 32.0 Å². The second-order valence-corrected chi connectivity index (χ2v) is 8.66. The number of piperazine rings is 1. The number of Topliss-reactive ketones (excluding diaryl/α,β-unsaturated/α-hetero) is 1. The molecule has 0 atom stereocenters. The first-order chi connectivity index (χ1) is 16.0. The van der Waals surface area contributed by atoms with Gasteiger partial charge in [-0.15, -0.1) is 0 Å². The molecule has 168 valence electrons. The monoisotopic (exact) mass is 442 g/mol. The van der Waals surface area contributed by atoms with Gasteiger partial charge in [0.15, 0.2) is 11.5 Å². The molecule has 3 heterocycles. The maximum atomic E-state index is 13.1. The number of carbonyl (C=O) groups excluding carboxylic acids is 1. The molecule has 1 aromatic heterocycles. The van der Waals surface area contributed by atoms with Gasteiger partial charge in [0.25, 0.3) is 0 Å². The van der Waals surface area contributed by atoms with Crippen LogP contribution in [0.1, 0.15) is 35.5 Å². The number of nitrogens with zero attached hydrogens (tertiary/aromatic N) is 2. The van der Waals surface area contributed by atoms with E-state index in [4.69, 9.17) is 9.47 Å². The Hall–Kier alpha value is -3.60. The van der Waals surface area contributed by atoms with Crippen molar-refractivity contribution in [3.05, 3.63) is 59.0 Å². The van der Waals surface area contributed by atoms with E-state index in [2.05, 4.69) is 46.1 Å². The number of ether oxygens (including phenoxy) is 2. The Labute approximate surface area is 192 Å². The number of H-pyrrole nitrogens is 1. The van der Waals surface area contributed by atoms with Crippen LogP contribution in [-0.2, 0) is 0 Å². The molecule has 3 aromatic rings. The lowest BCUT2D eigenvalue weighted by Crippen LogP contribution is -2.52. The lowest BCUT2D eigenvalue weighted by Gasteiger charge is -2.37. The number of ketones is 1. The number of para-hydroxylation sites is 1. The molecule has 2 N–H and O–H groups in total. The number of benzene rings is 2. The number of nitrogens with one attached hydrogen (secondary N) is 2. The van der Waals surface area contributed by atoms with Crippen LogP contribution in [-0.4, -0.2) is 59.7 Å². The summed E-state index contributed by atoms with van der Waals surface area (Å²) in [5, 5.41) is 11.6. The highest BCUT2D eigenvalue weighted by atomic mass is 16.5. The average Bonchev–Trinajstić information content (AvgIpc) is 3.39. The second-order valence-electron chi connectivity index (χ2n) is 8.66. The van der Waals surface area contributed by atoms with Crippen molar-refractivity contribution in [3.8, 4) is 23.3 Å². The highest BCUT2D eigenvalue weighted by Gasteiger charge is 2.32. The topological polar surface area (TPSA) is 79.5 Å². The van der Waals surface area contributed by atoms with Crippen LogP contribution in [0.4, 0.5) is 0 Å². The Morgan fingerprint density at radius 2 is 1.97 bits per heavy atom. The van der Waals surface area contributed by atoms with Crippen molar-refractivity contribution in [2.24, 2.45) is 0 Å². The molecule has 0 amide bonds. The Kier molecular flexibility index (Phi) is 5.41. The summed E-state index contributed by atoms with van der Waals surface area (Å²) < 4.78 is 11.6. The first-order valence-electron chi connectivity index (χ1n) is 11.1. The molecule has 2 aliphatic rings. The highest BCUT2D eigenvalue weighted by Crippen LogP contribution is 2.39. The van der Waals surface area contributed by atoms with Gasteiger partial charge in [-0.1, -0.05) is 30.0 Å². The number of allylic oxidation sites excluding steroid dienone is 1. The quantitative estimate of drug-likeness (QED) is 0.479. The molecule has 0 radical (unpaired) electrons. The Balaban J connectivity index is 1.52. The molecule has 7 nitrogen and oxygen atoms in total. The third-order valence-corrected chi connectivity index (χ3v) is 6.19. The van der Waals surface area contributed by atoms with Gasteiger partial charge in [-0.25, -0.2) is 0 Å². The third-order valence-electron chi connectivity index (χ3n) is 6.19. The molecule has 5 rings (SSSR count). The Bertz CT molecular complexity index is 1320. The number of methoxy groups -OCH3 is 1. The molecule has 0 aliphatic carbocycles. The lowest BCUT2D eigenvalue weighted by molar-refractivity contribution is 0.101. The van der Waals surface area contributed by atoms with Gasteiger partial charge in [0.2, 0.25) is 5.78 Å². The second kappa shape index (κ2) is 8.39. The van der Waals surface area contributed by atoms with Crippen LogP contribution in [0.3, 0.4) is 0 Å². The molecule has 1 saturated heterocycles. The van der Waals surface area contributed by atoms with Crippen molar-refractivity contribution in [3.63, 3.8) is 0 Å².